The molecule has 0 amide bonds. The van der Waals surface area contributed by atoms with Crippen LogP contribution in [-0.2, 0) is 14.3 Å². The third kappa shape index (κ3) is 1.07. The quantitative estimate of drug-likeness (QED) is 0.447. The maximum Gasteiger partial charge on any atom is 0.327 e. The topological polar surface area (TPSA) is 67.2 Å². The molecule has 0 N–H and O–H groups in total. The molecule has 0 spiro atoms. The zero-order chi connectivity index (χ0) is 9.19. The van der Waals surface area contributed by atoms with Gasteiger partial charge in [0.15, 0.2) is 5.41 Å². The van der Waals surface area contributed by atoms with Gasteiger partial charge in [0.2, 0.25) is 0 Å². The molecule has 0 aliphatic heterocycles. The second kappa shape index (κ2) is 2.94. The molecular weight excluding hydrogens is 158 g/mol. The van der Waals surface area contributed by atoms with Gasteiger partial charge in [-0.1, -0.05) is 0 Å². The molecule has 0 heterocycles. The lowest BCUT2D eigenvalue weighted by atomic mass is 10.1. The van der Waals surface area contributed by atoms with Crippen molar-refractivity contribution in [2.75, 3.05) is 6.61 Å². The Morgan fingerprint density at radius 2 is 2.58 bits per heavy atom. The number of nitrogens with zero attached hydrogens (tertiary/aromatic N) is 1. The van der Waals surface area contributed by atoms with E-state index in [0.29, 0.717) is 12.7 Å². The highest BCUT2D eigenvalue weighted by Gasteiger charge is 2.62. The van der Waals surface area contributed by atoms with E-state index in [1.165, 1.54) is 0 Å². The van der Waals surface area contributed by atoms with Crippen molar-refractivity contribution < 1.29 is 14.3 Å². The van der Waals surface area contributed by atoms with Crippen molar-refractivity contribution in [1.82, 2.24) is 0 Å². The van der Waals surface area contributed by atoms with Crippen molar-refractivity contribution in [2.24, 2.45) is 11.3 Å². The monoisotopic (exact) mass is 167 g/mol. The number of hydrogen-bond acceptors (Lipinski definition) is 4. The lowest BCUT2D eigenvalue weighted by Gasteiger charge is -2.04. The summed E-state index contributed by atoms with van der Waals surface area (Å²) in [7, 11) is 0. The van der Waals surface area contributed by atoms with E-state index >= 15 is 0 Å². The second-order valence-electron chi connectivity index (χ2n) is 2.75. The standard InChI is InChI=1S/C8H9NO3/c1-2-12-7(11)8(5-9)3-6(8)4-10/h4,6H,2-3H2,1H3. The van der Waals surface area contributed by atoms with Crippen LogP contribution in [0.3, 0.4) is 0 Å². The molecule has 0 bridgehead atoms. The normalized spacial score (nSPS) is 31.8. The van der Waals surface area contributed by atoms with Gasteiger partial charge in [-0.25, -0.2) is 0 Å². The molecule has 0 saturated heterocycles. The van der Waals surface area contributed by atoms with Crippen molar-refractivity contribution in [2.45, 2.75) is 13.3 Å². The van der Waals surface area contributed by atoms with Crippen LogP contribution in [0.1, 0.15) is 13.3 Å². The molecule has 1 aliphatic rings. The molecule has 4 nitrogen and oxygen atoms in total. The van der Waals surface area contributed by atoms with Crippen LogP contribution in [0.25, 0.3) is 0 Å². The molecule has 0 aromatic rings. The summed E-state index contributed by atoms with van der Waals surface area (Å²) in [6.45, 7) is 1.91. The maximum atomic E-state index is 11.1. The molecule has 1 fully saturated rings. The second-order valence-corrected chi connectivity index (χ2v) is 2.75. The van der Waals surface area contributed by atoms with Crippen LogP contribution < -0.4 is 0 Å². The Kier molecular flexibility index (Phi) is 2.13. The molecule has 1 saturated carbocycles. The molecule has 0 aromatic heterocycles. The minimum absolute atomic E-state index is 0.244. The van der Waals surface area contributed by atoms with Crippen molar-refractivity contribution in [1.29, 1.82) is 5.26 Å². The van der Waals surface area contributed by atoms with Gasteiger partial charge in [0, 0.05) is 5.92 Å². The molecule has 0 aromatic carbocycles. The summed E-state index contributed by atoms with van der Waals surface area (Å²) in [5.41, 5.74) is -1.15. The molecule has 0 radical (unpaired) electrons. The van der Waals surface area contributed by atoms with Gasteiger partial charge in [0.05, 0.1) is 12.7 Å². The number of ether oxygens (including phenoxy) is 1. The summed E-state index contributed by atoms with van der Waals surface area (Å²) in [5, 5.41) is 8.65. The zero-order valence-electron chi connectivity index (χ0n) is 6.74. The predicted octanol–water partition coefficient (Wildman–Crippen LogP) is 0.278. The largest absolute Gasteiger partial charge is 0.465 e. The molecule has 2 atom stereocenters. The van der Waals surface area contributed by atoms with E-state index in [0.717, 1.165) is 0 Å². The molecular formula is C8H9NO3. The fourth-order valence-corrected chi connectivity index (χ4v) is 1.12. The molecule has 64 valence electrons. The number of rotatable bonds is 3. The Hall–Kier alpha value is -1.37. The van der Waals surface area contributed by atoms with E-state index < -0.39 is 17.3 Å². The van der Waals surface area contributed by atoms with Gasteiger partial charge in [-0.2, -0.15) is 5.26 Å². The van der Waals surface area contributed by atoms with Gasteiger partial charge in [-0.05, 0) is 13.3 Å². The van der Waals surface area contributed by atoms with Gasteiger partial charge >= 0.3 is 5.97 Å². The Bertz CT molecular complexity index is 256. The van der Waals surface area contributed by atoms with Crippen LogP contribution in [0, 0.1) is 22.7 Å². The summed E-state index contributed by atoms with van der Waals surface area (Å²) < 4.78 is 4.67. The van der Waals surface area contributed by atoms with Crippen LogP contribution in [-0.4, -0.2) is 18.9 Å². The van der Waals surface area contributed by atoms with E-state index in [-0.39, 0.29) is 6.61 Å². The Balaban J connectivity index is 2.67. The van der Waals surface area contributed by atoms with E-state index in [4.69, 9.17) is 5.26 Å². The minimum atomic E-state index is -1.15. The first kappa shape index (κ1) is 8.72. The number of carbonyl (C=O) groups excluding carboxylic acids is 2. The van der Waals surface area contributed by atoms with Gasteiger partial charge in [-0.15, -0.1) is 0 Å². The summed E-state index contributed by atoms with van der Waals surface area (Å²) in [6.07, 6.45) is 0.950. The van der Waals surface area contributed by atoms with E-state index in [9.17, 15) is 9.59 Å². The molecule has 2 unspecified atom stereocenters. The number of nitriles is 1. The van der Waals surface area contributed by atoms with Gasteiger partial charge < -0.3 is 9.53 Å². The van der Waals surface area contributed by atoms with Crippen LogP contribution in [0.5, 0.6) is 0 Å². The number of esters is 1. The first-order valence-corrected chi connectivity index (χ1v) is 3.75. The van der Waals surface area contributed by atoms with Crippen LogP contribution in [0.4, 0.5) is 0 Å². The SMILES string of the molecule is CCOC(=O)C1(C#N)CC1C=O. The molecule has 12 heavy (non-hydrogen) atoms. The van der Waals surface area contributed by atoms with Crippen LogP contribution in [0.15, 0.2) is 0 Å². The Morgan fingerprint density at radius 3 is 2.92 bits per heavy atom. The van der Waals surface area contributed by atoms with Crippen molar-refractivity contribution in [3.63, 3.8) is 0 Å². The summed E-state index contributed by atoms with van der Waals surface area (Å²) >= 11 is 0. The van der Waals surface area contributed by atoms with Crippen molar-refractivity contribution >= 4 is 12.3 Å². The van der Waals surface area contributed by atoms with E-state index in [2.05, 4.69) is 4.74 Å². The number of hydrogen-bond donors (Lipinski definition) is 0. The fraction of sp³-hybridized carbons (Fsp3) is 0.625. The smallest absolute Gasteiger partial charge is 0.327 e. The highest BCUT2D eigenvalue weighted by atomic mass is 16.5. The van der Waals surface area contributed by atoms with Gasteiger partial charge in [0.25, 0.3) is 0 Å². The van der Waals surface area contributed by atoms with E-state index in [1.54, 1.807) is 6.92 Å². The summed E-state index contributed by atoms with van der Waals surface area (Å²) in [4.78, 5) is 21.4. The summed E-state index contributed by atoms with van der Waals surface area (Å²) in [6, 6.07) is 1.83. The van der Waals surface area contributed by atoms with E-state index in [1.807, 2.05) is 6.07 Å². The van der Waals surface area contributed by atoms with Crippen molar-refractivity contribution in [3.05, 3.63) is 0 Å². The van der Waals surface area contributed by atoms with Gasteiger partial charge in [-0.3, -0.25) is 4.79 Å². The highest BCUT2D eigenvalue weighted by Crippen LogP contribution is 2.51. The molecule has 1 rings (SSSR count). The van der Waals surface area contributed by atoms with Gasteiger partial charge in [0.1, 0.15) is 6.29 Å². The van der Waals surface area contributed by atoms with Crippen LogP contribution >= 0.6 is 0 Å². The predicted molar refractivity (Wildman–Crippen MR) is 38.9 cm³/mol. The minimum Gasteiger partial charge on any atom is -0.465 e. The number of carbonyl (C=O) groups is 2. The van der Waals surface area contributed by atoms with Crippen LogP contribution in [0.2, 0.25) is 0 Å². The lowest BCUT2D eigenvalue weighted by molar-refractivity contribution is -0.148. The average molecular weight is 167 g/mol. The third-order valence-corrected chi connectivity index (χ3v) is 2.02. The average Bonchev–Trinajstić information content (AvgIpc) is 2.80. The Morgan fingerprint density at radius 1 is 1.92 bits per heavy atom. The fourth-order valence-electron chi connectivity index (χ4n) is 1.12. The summed E-state index contributed by atoms with van der Waals surface area (Å²) in [5.74, 6) is -1.02. The number of aldehydes is 1. The highest BCUT2D eigenvalue weighted by molar-refractivity contribution is 5.89. The lowest BCUT2D eigenvalue weighted by Crippen LogP contribution is -2.19. The third-order valence-electron chi connectivity index (χ3n) is 2.02. The van der Waals surface area contributed by atoms with Crippen molar-refractivity contribution in [3.8, 4) is 6.07 Å². The molecule has 4 heteroatoms. The molecule has 1 aliphatic carbocycles. The first-order chi connectivity index (χ1) is 5.71. The first-order valence-electron chi connectivity index (χ1n) is 3.75. The Labute approximate surface area is 70.1 Å². The maximum absolute atomic E-state index is 11.1. The zero-order valence-corrected chi connectivity index (χ0v) is 6.74.